The van der Waals surface area contributed by atoms with Crippen LogP contribution >= 0.6 is 11.6 Å². The molecule has 0 unspecified atom stereocenters. The molecule has 296 valence electrons. The topological polar surface area (TPSA) is 203 Å². The fraction of sp³-hybridized carbons (Fsp3) is 0.243. The van der Waals surface area contributed by atoms with Crippen LogP contribution in [0.3, 0.4) is 0 Å². The molecular weight excluding hydrogens is 773 g/mol. The van der Waals surface area contributed by atoms with Crippen molar-refractivity contribution in [1.82, 2.24) is 35.1 Å². The summed E-state index contributed by atoms with van der Waals surface area (Å²) in [5.74, 6) is -3.53. The molecule has 1 saturated carbocycles. The van der Waals surface area contributed by atoms with Gasteiger partial charge in [0.15, 0.2) is 6.61 Å². The molecule has 5 N–H and O–H groups in total. The number of methoxy groups -OCH3 is 1. The van der Waals surface area contributed by atoms with Crippen LogP contribution in [0, 0.1) is 0 Å². The fourth-order valence-corrected chi connectivity index (χ4v) is 5.62. The van der Waals surface area contributed by atoms with Crippen LogP contribution < -0.4 is 31.3 Å². The van der Waals surface area contributed by atoms with E-state index in [-0.39, 0.29) is 30.4 Å². The van der Waals surface area contributed by atoms with Gasteiger partial charge in [0, 0.05) is 46.6 Å². The molecule has 57 heavy (non-hydrogen) atoms. The number of nitrogens with one attached hydrogen (secondary N) is 5. The number of ether oxygens (including phenoxy) is 2. The van der Waals surface area contributed by atoms with E-state index in [4.69, 9.17) is 21.1 Å². The highest BCUT2D eigenvalue weighted by Gasteiger charge is 2.45. The van der Waals surface area contributed by atoms with Gasteiger partial charge in [-0.15, -0.1) is 0 Å². The minimum absolute atomic E-state index is 0.0322. The van der Waals surface area contributed by atoms with Gasteiger partial charge in [0.1, 0.15) is 6.04 Å². The third-order valence-electron chi connectivity index (χ3n) is 8.50. The lowest BCUT2D eigenvalue weighted by Crippen LogP contribution is -2.44. The van der Waals surface area contributed by atoms with E-state index < -0.39 is 54.1 Å². The van der Waals surface area contributed by atoms with E-state index in [1.807, 2.05) is 12.1 Å². The monoisotopic (exact) mass is 806 g/mol. The number of carbonyl (C=O) groups excluding carboxylic acids is 4. The Kier molecular flexibility index (Phi) is 12.2. The van der Waals surface area contributed by atoms with Crippen molar-refractivity contribution in [3.05, 3.63) is 108 Å². The predicted octanol–water partition coefficient (Wildman–Crippen LogP) is 4.91. The SMILES string of the molecule is COC(=O)[C@H](CCNC(=O)C(=O)Nc1cccc(-n2ccnc2)c1)NC(=O)c1ccc(Nc2nc(NC3(c4ccc(Cl)cc4)CC3)nc(OCC(F)(F)F)n2)cc1. The van der Waals surface area contributed by atoms with E-state index >= 15 is 0 Å². The first-order valence-corrected chi connectivity index (χ1v) is 17.6. The third-order valence-corrected chi connectivity index (χ3v) is 8.76. The quantitative estimate of drug-likeness (QED) is 0.0708. The summed E-state index contributed by atoms with van der Waals surface area (Å²) in [7, 11) is 1.13. The number of nitrogens with zero attached hydrogens (tertiary/aromatic N) is 5. The van der Waals surface area contributed by atoms with Gasteiger partial charge < -0.3 is 40.6 Å². The first kappa shape index (κ1) is 39.9. The minimum Gasteiger partial charge on any atom is -0.467 e. The zero-order valence-corrected chi connectivity index (χ0v) is 30.7. The number of amides is 3. The Hall–Kier alpha value is -6.76. The number of carbonyl (C=O) groups is 4. The molecule has 6 rings (SSSR count). The maximum atomic E-state index is 13.1. The van der Waals surface area contributed by atoms with Crippen molar-refractivity contribution >= 4 is 58.6 Å². The fourth-order valence-electron chi connectivity index (χ4n) is 5.49. The Labute approximate surface area is 327 Å². The van der Waals surface area contributed by atoms with Crippen LogP contribution in [0.5, 0.6) is 6.01 Å². The Morgan fingerprint density at radius 3 is 2.33 bits per heavy atom. The van der Waals surface area contributed by atoms with Crippen molar-refractivity contribution < 1.29 is 41.8 Å². The molecule has 3 aromatic carbocycles. The molecule has 1 aliphatic carbocycles. The van der Waals surface area contributed by atoms with Gasteiger partial charge in [0.05, 0.1) is 19.0 Å². The normalized spacial score (nSPS) is 13.4. The summed E-state index contributed by atoms with van der Waals surface area (Å²) in [4.78, 5) is 67.0. The summed E-state index contributed by atoms with van der Waals surface area (Å²) in [6, 6.07) is 17.9. The largest absolute Gasteiger partial charge is 0.467 e. The Morgan fingerprint density at radius 1 is 0.930 bits per heavy atom. The molecule has 5 aromatic rings. The highest BCUT2D eigenvalue weighted by Crippen LogP contribution is 2.48. The summed E-state index contributed by atoms with van der Waals surface area (Å²) in [5, 5.41) is 14.1. The molecule has 0 radical (unpaired) electrons. The number of aromatic nitrogens is 5. The maximum absolute atomic E-state index is 13.1. The van der Waals surface area contributed by atoms with Crippen molar-refractivity contribution in [2.24, 2.45) is 0 Å². The number of rotatable bonds is 15. The zero-order valence-electron chi connectivity index (χ0n) is 30.0. The van der Waals surface area contributed by atoms with E-state index in [1.54, 1.807) is 59.7 Å². The van der Waals surface area contributed by atoms with Gasteiger partial charge in [-0.2, -0.15) is 28.1 Å². The molecule has 1 fully saturated rings. The van der Waals surface area contributed by atoms with Crippen LogP contribution in [-0.4, -0.2) is 80.7 Å². The van der Waals surface area contributed by atoms with Crippen LogP contribution in [0.1, 0.15) is 35.2 Å². The van der Waals surface area contributed by atoms with E-state index in [2.05, 4.69) is 46.5 Å². The average molecular weight is 807 g/mol. The lowest BCUT2D eigenvalue weighted by Gasteiger charge is -2.19. The molecule has 20 heteroatoms. The molecule has 1 atom stereocenters. The number of alkyl halides is 3. The lowest BCUT2D eigenvalue weighted by molar-refractivity contribution is -0.154. The van der Waals surface area contributed by atoms with Gasteiger partial charge >= 0.3 is 30.0 Å². The number of hydrogen-bond acceptors (Lipinski definition) is 12. The van der Waals surface area contributed by atoms with Gasteiger partial charge in [-0.1, -0.05) is 29.8 Å². The van der Waals surface area contributed by atoms with Crippen LogP contribution in [0.2, 0.25) is 5.02 Å². The van der Waals surface area contributed by atoms with Gasteiger partial charge in [0.25, 0.3) is 5.91 Å². The smallest absolute Gasteiger partial charge is 0.422 e. The van der Waals surface area contributed by atoms with Gasteiger partial charge in [-0.25, -0.2) is 9.78 Å². The number of esters is 1. The third kappa shape index (κ3) is 10.9. The molecule has 16 nitrogen and oxygen atoms in total. The van der Waals surface area contributed by atoms with Crippen molar-refractivity contribution in [3.8, 4) is 11.7 Å². The van der Waals surface area contributed by atoms with E-state index in [0.29, 0.717) is 34.9 Å². The molecule has 0 bridgehead atoms. The second-order valence-electron chi connectivity index (χ2n) is 12.7. The van der Waals surface area contributed by atoms with Crippen molar-refractivity contribution in [3.63, 3.8) is 0 Å². The first-order valence-electron chi connectivity index (χ1n) is 17.2. The minimum atomic E-state index is -4.64. The van der Waals surface area contributed by atoms with Crippen LogP contribution in [-0.2, 0) is 24.7 Å². The van der Waals surface area contributed by atoms with Crippen molar-refractivity contribution in [1.29, 1.82) is 0 Å². The summed E-state index contributed by atoms with van der Waals surface area (Å²) in [6.45, 7) is -1.79. The molecule has 0 spiro atoms. The van der Waals surface area contributed by atoms with E-state index in [0.717, 1.165) is 12.7 Å². The number of anilines is 4. The van der Waals surface area contributed by atoms with Crippen molar-refractivity contribution in [2.45, 2.75) is 37.0 Å². The van der Waals surface area contributed by atoms with Gasteiger partial charge in [0.2, 0.25) is 11.9 Å². The summed E-state index contributed by atoms with van der Waals surface area (Å²) in [6.07, 6.45) is 1.56. The molecule has 2 heterocycles. The standard InChI is InChI=1S/C37H34ClF3N10O6/c1-56-32(55)28(13-16-43-30(53)31(54)44-26-3-2-4-27(19-26)51-18-17-42-21-51)46-29(52)22-5-11-25(12-6-22)45-33-47-34(49-35(48-33)57-20-37(39,40)41)50-36(14-15-36)23-7-9-24(38)10-8-23/h2-12,17-19,21,28H,13-16,20H2,1H3,(H,43,53)(H,44,54)(H,46,52)(H2,45,47,48,49,50)/t28-/m0/s1. The van der Waals surface area contributed by atoms with E-state index in [1.165, 1.54) is 24.3 Å². The van der Waals surface area contributed by atoms with E-state index in [9.17, 15) is 32.3 Å². The highest BCUT2D eigenvalue weighted by atomic mass is 35.5. The molecule has 3 amide bonds. The first-order chi connectivity index (χ1) is 27.3. The molecular formula is C37H34ClF3N10O6. The van der Waals surface area contributed by atoms with Crippen LogP contribution in [0.25, 0.3) is 5.69 Å². The number of hydrogen-bond donors (Lipinski definition) is 5. The molecule has 1 aliphatic rings. The Morgan fingerprint density at radius 2 is 1.67 bits per heavy atom. The molecule has 0 aliphatic heterocycles. The number of imidazole rings is 1. The number of benzene rings is 3. The number of halogens is 4. The second kappa shape index (κ2) is 17.4. The summed E-state index contributed by atoms with van der Waals surface area (Å²) < 4.78 is 50.3. The van der Waals surface area contributed by atoms with Gasteiger partial charge in [-0.05, 0) is 79.4 Å². The Balaban J connectivity index is 1.05. The lowest BCUT2D eigenvalue weighted by atomic mass is 10.1. The second-order valence-corrected chi connectivity index (χ2v) is 13.1. The highest BCUT2D eigenvalue weighted by molar-refractivity contribution is 6.39. The van der Waals surface area contributed by atoms with Crippen LogP contribution in [0.15, 0.2) is 91.5 Å². The Bertz CT molecular complexity index is 2220. The van der Waals surface area contributed by atoms with Gasteiger partial charge in [-0.3, -0.25) is 14.4 Å². The summed E-state index contributed by atoms with van der Waals surface area (Å²) >= 11 is 6.03. The van der Waals surface area contributed by atoms with Crippen LogP contribution in [0.4, 0.5) is 36.4 Å². The zero-order chi connectivity index (χ0) is 40.6. The maximum Gasteiger partial charge on any atom is 0.422 e. The predicted molar refractivity (Wildman–Crippen MR) is 200 cm³/mol. The summed E-state index contributed by atoms with van der Waals surface area (Å²) in [5.41, 5.74) is 1.89. The molecule has 2 aromatic heterocycles. The van der Waals surface area contributed by atoms with Crippen molar-refractivity contribution in [2.75, 3.05) is 36.2 Å². The molecule has 0 saturated heterocycles. The average Bonchev–Trinajstić information content (AvgIpc) is 3.74.